The molecule has 3 nitrogen and oxygen atoms in total. The molecule has 1 fully saturated rings. The predicted molar refractivity (Wildman–Crippen MR) is 69.2 cm³/mol. The number of nitrogens with zero attached hydrogens (tertiary/aromatic N) is 1. The van der Waals surface area contributed by atoms with Crippen LogP contribution in [-0.4, -0.2) is 37.0 Å². The smallest absolute Gasteiger partial charge is 0.253 e. The van der Waals surface area contributed by atoms with Gasteiger partial charge < -0.3 is 10.2 Å². The molecule has 0 spiro atoms. The van der Waals surface area contributed by atoms with Crippen LogP contribution in [0.15, 0.2) is 24.3 Å². The third-order valence-electron chi connectivity index (χ3n) is 3.38. The fourth-order valence-electron chi connectivity index (χ4n) is 2.34. The van der Waals surface area contributed by atoms with Crippen LogP contribution < -0.4 is 5.32 Å². The fraction of sp³-hybridized carbons (Fsp3) is 0.500. The van der Waals surface area contributed by atoms with E-state index in [9.17, 15) is 4.79 Å². The van der Waals surface area contributed by atoms with Gasteiger partial charge in [-0.3, -0.25) is 4.79 Å². The maximum absolute atomic E-state index is 12.3. The SMILES string of the molecule is Cc1ccccc1C(=O)N(C)CC1CCCN1. The van der Waals surface area contributed by atoms with Crippen molar-refractivity contribution in [1.29, 1.82) is 0 Å². The van der Waals surface area contributed by atoms with Crippen LogP contribution in [0.1, 0.15) is 28.8 Å². The predicted octanol–water partition coefficient (Wildman–Crippen LogP) is 1.82. The number of benzene rings is 1. The lowest BCUT2D eigenvalue weighted by molar-refractivity contribution is 0.0783. The van der Waals surface area contributed by atoms with Gasteiger partial charge in [0.05, 0.1) is 0 Å². The average Bonchev–Trinajstić information content (AvgIpc) is 2.81. The molecule has 1 unspecified atom stereocenters. The van der Waals surface area contributed by atoms with E-state index in [0.717, 1.165) is 24.2 Å². The molecule has 0 bridgehead atoms. The van der Waals surface area contributed by atoms with Crippen molar-refractivity contribution in [2.24, 2.45) is 0 Å². The second kappa shape index (κ2) is 5.32. The van der Waals surface area contributed by atoms with Gasteiger partial charge >= 0.3 is 0 Å². The number of likely N-dealkylation sites (N-methyl/N-ethyl adjacent to an activating group) is 1. The van der Waals surface area contributed by atoms with E-state index in [2.05, 4.69) is 5.32 Å². The zero-order chi connectivity index (χ0) is 12.3. The van der Waals surface area contributed by atoms with Crippen molar-refractivity contribution < 1.29 is 4.79 Å². The molecule has 1 amide bonds. The van der Waals surface area contributed by atoms with Crippen molar-refractivity contribution >= 4 is 5.91 Å². The lowest BCUT2D eigenvalue weighted by Crippen LogP contribution is -2.38. The Kier molecular flexibility index (Phi) is 3.79. The van der Waals surface area contributed by atoms with Gasteiger partial charge in [-0.1, -0.05) is 18.2 Å². The Bertz CT molecular complexity index is 397. The molecule has 0 saturated carbocycles. The number of aryl methyl sites for hydroxylation is 1. The Hall–Kier alpha value is -1.35. The second-order valence-electron chi connectivity index (χ2n) is 4.79. The normalized spacial score (nSPS) is 19.3. The number of carbonyl (C=O) groups excluding carboxylic acids is 1. The van der Waals surface area contributed by atoms with Crippen LogP contribution in [0.25, 0.3) is 0 Å². The van der Waals surface area contributed by atoms with Gasteiger partial charge in [0.25, 0.3) is 5.91 Å². The summed E-state index contributed by atoms with van der Waals surface area (Å²) in [5.41, 5.74) is 1.86. The summed E-state index contributed by atoms with van der Waals surface area (Å²) in [5, 5.41) is 3.41. The Balaban J connectivity index is 2.01. The highest BCUT2D eigenvalue weighted by Gasteiger charge is 2.20. The molecule has 1 heterocycles. The quantitative estimate of drug-likeness (QED) is 0.862. The van der Waals surface area contributed by atoms with Crippen LogP contribution in [-0.2, 0) is 0 Å². The van der Waals surface area contributed by atoms with Crippen molar-refractivity contribution in [2.45, 2.75) is 25.8 Å². The molecule has 1 N–H and O–H groups in total. The largest absolute Gasteiger partial charge is 0.340 e. The van der Waals surface area contributed by atoms with E-state index in [1.165, 1.54) is 12.8 Å². The lowest BCUT2D eigenvalue weighted by atomic mass is 10.1. The van der Waals surface area contributed by atoms with E-state index in [0.29, 0.717) is 6.04 Å². The molecule has 1 aromatic rings. The molecule has 0 aromatic heterocycles. The molecule has 17 heavy (non-hydrogen) atoms. The minimum absolute atomic E-state index is 0.122. The van der Waals surface area contributed by atoms with Crippen molar-refractivity contribution in [1.82, 2.24) is 10.2 Å². The number of nitrogens with one attached hydrogen (secondary N) is 1. The second-order valence-corrected chi connectivity index (χ2v) is 4.79. The summed E-state index contributed by atoms with van der Waals surface area (Å²) in [4.78, 5) is 14.1. The van der Waals surface area contributed by atoms with E-state index in [-0.39, 0.29) is 5.91 Å². The molecule has 1 saturated heterocycles. The van der Waals surface area contributed by atoms with Crippen molar-refractivity contribution in [3.05, 3.63) is 35.4 Å². The molecule has 1 atom stereocenters. The Morgan fingerprint density at radius 2 is 2.24 bits per heavy atom. The van der Waals surface area contributed by atoms with Crippen LogP contribution in [0.2, 0.25) is 0 Å². The first kappa shape index (κ1) is 12.1. The van der Waals surface area contributed by atoms with Gasteiger partial charge in [0, 0.05) is 25.2 Å². The molecule has 1 aliphatic heterocycles. The van der Waals surface area contributed by atoms with Gasteiger partial charge in [-0.05, 0) is 37.9 Å². The standard InChI is InChI=1S/C14H20N2O/c1-11-6-3-4-8-13(11)14(17)16(2)10-12-7-5-9-15-12/h3-4,6,8,12,15H,5,7,9-10H2,1-2H3. The van der Waals surface area contributed by atoms with E-state index < -0.39 is 0 Å². The van der Waals surface area contributed by atoms with Gasteiger partial charge in [-0.25, -0.2) is 0 Å². The van der Waals surface area contributed by atoms with Crippen LogP contribution >= 0.6 is 0 Å². The topological polar surface area (TPSA) is 32.3 Å². The van der Waals surface area contributed by atoms with Crippen LogP contribution in [0, 0.1) is 6.92 Å². The van der Waals surface area contributed by atoms with Gasteiger partial charge in [0.2, 0.25) is 0 Å². The minimum Gasteiger partial charge on any atom is -0.340 e. The molecular formula is C14H20N2O. The highest BCUT2D eigenvalue weighted by Crippen LogP contribution is 2.12. The van der Waals surface area contributed by atoms with Crippen molar-refractivity contribution in [3.63, 3.8) is 0 Å². The van der Waals surface area contributed by atoms with Gasteiger partial charge in [0.15, 0.2) is 0 Å². The summed E-state index contributed by atoms with van der Waals surface area (Å²) in [6.07, 6.45) is 2.39. The first-order chi connectivity index (χ1) is 8.18. The first-order valence-electron chi connectivity index (χ1n) is 6.23. The zero-order valence-corrected chi connectivity index (χ0v) is 10.6. The summed E-state index contributed by atoms with van der Waals surface area (Å²) in [5.74, 6) is 0.122. The first-order valence-corrected chi connectivity index (χ1v) is 6.23. The van der Waals surface area contributed by atoms with Crippen LogP contribution in [0.5, 0.6) is 0 Å². The van der Waals surface area contributed by atoms with E-state index >= 15 is 0 Å². The number of carbonyl (C=O) groups is 1. The zero-order valence-electron chi connectivity index (χ0n) is 10.6. The Morgan fingerprint density at radius 3 is 2.88 bits per heavy atom. The molecular weight excluding hydrogens is 212 g/mol. The highest BCUT2D eigenvalue weighted by molar-refractivity contribution is 5.95. The summed E-state index contributed by atoms with van der Waals surface area (Å²) in [6, 6.07) is 8.23. The lowest BCUT2D eigenvalue weighted by Gasteiger charge is -2.22. The molecule has 0 aliphatic carbocycles. The number of hydrogen-bond acceptors (Lipinski definition) is 2. The Labute approximate surface area is 103 Å². The molecule has 1 aliphatic rings. The van der Waals surface area contributed by atoms with Crippen LogP contribution in [0.4, 0.5) is 0 Å². The Morgan fingerprint density at radius 1 is 1.47 bits per heavy atom. The summed E-state index contributed by atoms with van der Waals surface area (Å²) >= 11 is 0. The molecule has 1 aromatic carbocycles. The number of amides is 1. The minimum atomic E-state index is 0.122. The third-order valence-corrected chi connectivity index (χ3v) is 3.38. The van der Waals surface area contributed by atoms with Crippen molar-refractivity contribution in [3.8, 4) is 0 Å². The van der Waals surface area contributed by atoms with E-state index in [1.54, 1.807) is 0 Å². The highest BCUT2D eigenvalue weighted by atomic mass is 16.2. The molecule has 2 rings (SSSR count). The van der Waals surface area contributed by atoms with Gasteiger partial charge in [0.1, 0.15) is 0 Å². The fourth-order valence-corrected chi connectivity index (χ4v) is 2.34. The van der Waals surface area contributed by atoms with Gasteiger partial charge in [-0.15, -0.1) is 0 Å². The van der Waals surface area contributed by atoms with Crippen molar-refractivity contribution in [2.75, 3.05) is 20.1 Å². The van der Waals surface area contributed by atoms with Gasteiger partial charge in [-0.2, -0.15) is 0 Å². The summed E-state index contributed by atoms with van der Waals surface area (Å²) in [6.45, 7) is 3.86. The molecule has 92 valence electrons. The summed E-state index contributed by atoms with van der Waals surface area (Å²) in [7, 11) is 1.88. The number of hydrogen-bond donors (Lipinski definition) is 1. The van der Waals surface area contributed by atoms with E-state index in [4.69, 9.17) is 0 Å². The monoisotopic (exact) mass is 232 g/mol. The maximum atomic E-state index is 12.3. The third kappa shape index (κ3) is 2.86. The average molecular weight is 232 g/mol. The van der Waals surface area contributed by atoms with E-state index in [1.807, 2.05) is 43.1 Å². The van der Waals surface area contributed by atoms with Crippen LogP contribution in [0.3, 0.4) is 0 Å². The molecule has 0 radical (unpaired) electrons. The molecule has 3 heteroatoms. The number of rotatable bonds is 3. The maximum Gasteiger partial charge on any atom is 0.253 e. The summed E-state index contributed by atoms with van der Waals surface area (Å²) < 4.78 is 0.